The summed E-state index contributed by atoms with van der Waals surface area (Å²) in [6.07, 6.45) is 1.85. The third kappa shape index (κ3) is 3.47. The van der Waals surface area contributed by atoms with E-state index in [9.17, 15) is 19.1 Å². The molecule has 1 aliphatic rings. The molecule has 3 rings (SSSR count). The minimum atomic E-state index is -0.995. The Morgan fingerprint density at radius 3 is 2.27 bits per heavy atom. The average Bonchev–Trinajstić information content (AvgIpc) is 3.38. The Bertz CT molecular complexity index is 839. The molecular weight excluding hydrogens is 333 g/mol. The lowest BCUT2D eigenvalue weighted by Crippen LogP contribution is -2.29. The Morgan fingerprint density at radius 1 is 1.12 bits per heavy atom. The van der Waals surface area contributed by atoms with Crippen LogP contribution < -0.4 is 5.32 Å². The number of hydrogen-bond donors (Lipinski definition) is 2. The summed E-state index contributed by atoms with van der Waals surface area (Å²) in [4.78, 5) is 24.0. The summed E-state index contributed by atoms with van der Waals surface area (Å²) in [6.45, 7) is 3.27. The fraction of sp³-hybridized carbons (Fsp3) is 0.333. The van der Waals surface area contributed by atoms with E-state index < -0.39 is 16.8 Å². The zero-order chi connectivity index (χ0) is 18.9. The molecule has 1 amide bonds. The third-order valence-corrected chi connectivity index (χ3v) is 5.22. The molecule has 1 aliphatic carbocycles. The van der Waals surface area contributed by atoms with Crippen molar-refractivity contribution in [3.8, 4) is 0 Å². The van der Waals surface area contributed by atoms with Gasteiger partial charge in [0, 0.05) is 5.69 Å². The normalized spacial score (nSPS) is 15.3. The van der Waals surface area contributed by atoms with E-state index >= 15 is 0 Å². The van der Waals surface area contributed by atoms with E-state index in [-0.39, 0.29) is 11.7 Å². The van der Waals surface area contributed by atoms with Crippen LogP contribution in [0.25, 0.3) is 0 Å². The Kier molecular flexibility index (Phi) is 4.57. The predicted octanol–water partition coefficient (Wildman–Crippen LogP) is 4.15. The molecule has 0 unspecified atom stereocenters. The highest BCUT2D eigenvalue weighted by atomic mass is 19.1. The van der Waals surface area contributed by atoms with Crippen LogP contribution in [-0.2, 0) is 21.4 Å². The molecule has 0 atom stereocenters. The first-order chi connectivity index (χ1) is 12.2. The highest BCUT2D eigenvalue weighted by Gasteiger charge is 2.50. The highest BCUT2D eigenvalue weighted by Crippen LogP contribution is 2.49. The second-order valence-corrected chi connectivity index (χ2v) is 7.51. The molecule has 5 heteroatoms. The third-order valence-electron chi connectivity index (χ3n) is 5.22. The summed E-state index contributed by atoms with van der Waals surface area (Å²) in [5.74, 6) is -1.31. The van der Waals surface area contributed by atoms with Crippen molar-refractivity contribution < 1.29 is 19.1 Å². The van der Waals surface area contributed by atoms with E-state index in [1.807, 2.05) is 0 Å². The molecule has 0 saturated heterocycles. The number of carbonyl (C=O) groups is 2. The molecule has 1 fully saturated rings. The molecule has 0 heterocycles. The van der Waals surface area contributed by atoms with Gasteiger partial charge in [0.25, 0.3) is 0 Å². The number of carbonyl (C=O) groups excluding carboxylic acids is 1. The van der Waals surface area contributed by atoms with Crippen molar-refractivity contribution in [2.75, 3.05) is 5.32 Å². The van der Waals surface area contributed by atoms with Crippen LogP contribution in [-0.4, -0.2) is 17.0 Å². The number of hydrogen-bond acceptors (Lipinski definition) is 2. The Labute approximate surface area is 152 Å². The summed E-state index contributed by atoms with van der Waals surface area (Å²) < 4.78 is 13.9. The quantitative estimate of drug-likeness (QED) is 0.818. The number of carboxylic acid groups (broad SMARTS) is 1. The number of aliphatic carboxylic acids is 1. The molecule has 0 radical (unpaired) electrons. The first kappa shape index (κ1) is 18.1. The Morgan fingerprint density at radius 2 is 1.73 bits per heavy atom. The van der Waals surface area contributed by atoms with Crippen LogP contribution in [0.3, 0.4) is 0 Å². The predicted molar refractivity (Wildman–Crippen MR) is 97.5 cm³/mol. The zero-order valence-electron chi connectivity index (χ0n) is 14.9. The molecule has 0 aromatic heterocycles. The number of nitrogens with one attached hydrogen (secondary N) is 1. The van der Waals surface area contributed by atoms with Crippen molar-refractivity contribution in [2.45, 2.75) is 38.5 Å². The van der Waals surface area contributed by atoms with Gasteiger partial charge in [0.05, 0.1) is 10.8 Å². The number of anilines is 1. The van der Waals surface area contributed by atoms with Crippen molar-refractivity contribution >= 4 is 17.6 Å². The molecule has 26 heavy (non-hydrogen) atoms. The van der Waals surface area contributed by atoms with Gasteiger partial charge in [-0.15, -0.1) is 0 Å². The first-order valence-corrected chi connectivity index (χ1v) is 8.63. The van der Waals surface area contributed by atoms with E-state index in [1.54, 1.807) is 56.3 Å². The van der Waals surface area contributed by atoms with Crippen molar-refractivity contribution in [1.29, 1.82) is 0 Å². The number of rotatable bonds is 6. The van der Waals surface area contributed by atoms with Crippen LogP contribution in [0.5, 0.6) is 0 Å². The summed E-state index contributed by atoms with van der Waals surface area (Å²) in [7, 11) is 0. The van der Waals surface area contributed by atoms with Gasteiger partial charge >= 0.3 is 5.97 Å². The maximum absolute atomic E-state index is 13.9. The molecule has 2 N–H and O–H groups in total. The number of amides is 1. The summed E-state index contributed by atoms with van der Waals surface area (Å²) in [6, 6.07) is 13.4. The molecule has 136 valence electrons. The Balaban J connectivity index is 1.70. The van der Waals surface area contributed by atoms with Crippen LogP contribution >= 0.6 is 0 Å². The van der Waals surface area contributed by atoms with Gasteiger partial charge in [-0.2, -0.15) is 0 Å². The molecule has 4 nitrogen and oxygen atoms in total. The van der Waals surface area contributed by atoms with Crippen LogP contribution in [0.15, 0.2) is 48.5 Å². The van der Waals surface area contributed by atoms with Crippen molar-refractivity contribution in [3.63, 3.8) is 0 Å². The Hall–Kier alpha value is -2.69. The lowest BCUT2D eigenvalue weighted by atomic mass is 9.85. The summed E-state index contributed by atoms with van der Waals surface area (Å²) >= 11 is 0. The average molecular weight is 355 g/mol. The SMILES string of the molecule is CC(C)(C(=O)O)c1ccc(NC(=O)C2(Cc3ccccc3F)CC2)cc1. The van der Waals surface area contributed by atoms with Gasteiger partial charge in [0.15, 0.2) is 0 Å². The van der Waals surface area contributed by atoms with Gasteiger partial charge in [0.1, 0.15) is 5.82 Å². The van der Waals surface area contributed by atoms with Gasteiger partial charge < -0.3 is 10.4 Å². The van der Waals surface area contributed by atoms with Crippen LogP contribution in [0.1, 0.15) is 37.8 Å². The largest absolute Gasteiger partial charge is 0.481 e. The minimum absolute atomic E-state index is 0.119. The monoisotopic (exact) mass is 355 g/mol. The van der Waals surface area contributed by atoms with E-state index in [2.05, 4.69) is 5.32 Å². The second-order valence-electron chi connectivity index (χ2n) is 7.51. The molecule has 1 saturated carbocycles. The van der Waals surface area contributed by atoms with Crippen LogP contribution in [0.2, 0.25) is 0 Å². The fourth-order valence-corrected chi connectivity index (χ4v) is 3.00. The minimum Gasteiger partial charge on any atom is -0.481 e. The second kappa shape index (κ2) is 6.56. The van der Waals surface area contributed by atoms with E-state index in [0.29, 0.717) is 23.2 Å². The molecular formula is C21H22FNO3. The number of halogens is 1. The number of carboxylic acids is 1. The summed E-state index contributed by atoms with van der Waals surface area (Å²) in [5, 5.41) is 12.2. The van der Waals surface area contributed by atoms with Gasteiger partial charge in [-0.25, -0.2) is 4.39 Å². The highest BCUT2D eigenvalue weighted by molar-refractivity contribution is 5.97. The topological polar surface area (TPSA) is 66.4 Å². The van der Waals surface area contributed by atoms with Gasteiger partial charge in [-0.3, -0.25) is 9.59 Å². The maximum atomic E-state index is 13.9. The van der Waals surface area contributed by atoms with E-state index in [0.717, 1.165) is 12.8 Å². The summed E-state index contributed by atoms with van der Waals surface area (Å²) in [5.41, 5.74) is 0.278. The standard InChI is InChI=1S/C21H22FNO3/c1-20(2,19(25)26)15-7-9-16(10-8-15)23-18(24)21(11-12-21)13-14-5-3-4-6-17(14)22/h3-10H,11-13H2,1-2H3,(H,23,24)(H,25,26). The van der Waals surface area contributed by atoms with Gasteiger partial charge in [0.2, 0.25) is 5.91 Å². The lowest BCUT2D eigenvalue weighted by Gasteiger charge is -2.20. The van der Waals surface area contributed by atoms with Gasteiger partial charge in [-0.1, -0.05) is 30.3 Å². The first-order valence-electron chi connectivity index (χ1n) is 8.63. The lowest BCUT2D eigenvalue weighted by molar-refractivity contribution is -0.142. The van der Waals surface area contributed by atoms with Crippen molar-refractivity contribution in [2.24, 2.45) is 5.41 Å². The van der Waals surface area contributed by atoms with Crippen LogP contribution in [0.4, 0.5) is 10.1 Å². The molecule has 0 spiro atoms. The van der Waals surface area contributed by atoms with Crippen molar-refractivity contribution in [3.05, 3.63) is 65.5 Å². The van der Waals surface area contributed by atoms with Gasteiger partial charge in [-0.05, 0) is 62.4 Å². The van der Waals surface area contributed by atoms with Crippen molar-refractivity contribution in [1.82, 2.24) is 0 Å². The molecule has 2 aromatic rings. The van der Waals surface area contributed by atoms with E-state index in [4.69, 9.17) is 0 Å². The van der Waals surface area contributed by atoms with E-state index in [1.165, 1.54) is 6.07 Å². The maximum Gasteiger partial charge on any atom is 0.313 e. The zero-order valence-corrected chi connectivity index (χ0v) is 14.9. The molecule has 2 aromatic carbocycles. The molecule has 0 aliphatic heterocycles. The number of benzene rings is 2. The van der Waals surface area contributed by atoms with Crippen LogP contribution in [0, 0.1) is 11.2 Å². The fourth-order valence-electron chi connectivity index (χ4n) is 3.00. The smallest absolute Gasteiger partial charge is 0.313 e. The molecule has 0 bridgehead atoms.